The van der Waals surface area contributed by atoms with Gasteiger partial charge < -0.3 is 4.74 Å². The number of carbonyl (C=O) groups is 2. The molecule has 0 atom stereocenters. The third-order valence-electron chi connectivity index (χ3n) is 4.20. The average molecular weight is 615 g/mol. The maximum atomic E-state index is 11.6. The van der Waals surface area contributed by atoms with E-state index in [0.717, 1.165) is 25.7 Å². The summed E-state index contributed by atoms with van der Waals surface area (Å²) in [5.74, 6) is -0.682. The molecular weight excluding hydrogens is 577 g/mol. The van der Waals surface area contributed by atoms with Gasteiger partial charge in [0.1, 0.15) is 0 Å². The van der Waals surface area contributed by atoms with Crippen molar-refractivity contribution in [2.45, 2.75) is 117 Å². The molecule has 0 aromatic carbocycles. The van der Waals surface area contributed by atoms with E-state index < -0.39 is 0 Å². The second kappa shape index (κ2) is 25.8. The number of ether oxygens (including phenoxy) is 1. The predicted octanol–water partition coefficient (Wildman–Crippen LogP) is 6.34. The number of hydrogen-bond donors (Lipinski definition) is 0. The summed E-state index contributed by atoms with van der Waals surface area (Å²) in [5, 5.41) is 0. The molecule has 0 saturated carbocycles. The molecule has 0 aliphatic carbocycles. The molecule has 0 radical (unpaired) electrons. The van der Waals surface area contributed by atoms with E-state index in [4.69, 9.17) is 4.74 Å². The Balaban J connectivity index is -0.00000242. The first-order chi connectivity index (χ1) is 11.2. The zero-order valence-corrected chi connectivity index (χ0v) is 23.0. The number of rotatable bonds is 16. The molecule has 0 aliphatic heterocycles. The molecule has 25 heavy (non-hydrogen) atoms. The number of carbonyl (C=O) groups excluding carboxylic acids is 2. The van der Waals surface area contributed by atoms with Crippen LogP contribution in [-0.2, 0) is 14.3 Å². The monoisotopic (exact) mass is 610 g/mol. The van der Waals surface area contributed by atoms with Crippen LogP contribution >= 0.6 is 0 Å². The van der Waals surface area contributed by atoms with Crippen LogP contribution in [0.4, 0.5) is 0 Å². The van der Waals surface area contributed by atoms with Gasteiger partial charge in [-0.25, -0.2) is 0 Å². The molecule has 0 bridgehead atoms. The van der Waals surface area contributed by atoms with Gasteiger partial charge in [-0.15, -0.1) is 0 Å². The van der Waals surface area contributed by atoms with Crippen molar-refractivity contribution >= 4 is 11.9 Å². The largest absolute Gasteiger partial charge is 0.393 e. The minimum Gasteiger partial charge on any atom is -0.393 e. The van der Waals surface area contributed by atoms with Crippen molar-refractivity contribution in [3.05, 3.63) is 0 Å². The summed E-state index contributed by atoms with van der Waals surface area (Å²) < 4.78 is 4.86. The van der Waals surface area contributed by atoms with E-state index in [1.807, 2.05) is 0 Å². The topological polar surface area (TPSA) is 43.4 Å². The Morgan fingerprint density at radius 1 is 0.520 bits per heavy atom. The molecule has 144 valence electrons. The maximum Gasteiger partial charge on any atom is 0.313 e. The van der Waals surface area contributed by atoms with Gasteiger partial charge in [0.15, 0.2) is 0 Å². The molecule has 0 N–H and O–H groups in total. The van der Waals surface area contributed by atoms with Crippen molar-refractivity contribution < 1.29 is 96.0 Å². The van der Waals surface area contributed by atoms with Crippen LogP contribution in [0.2, 0.25) is 0 Å². The normalized spacial score (nSPS) is 9.84. The summed E-state index contributed by atoms with van der Waals surface area (Å²) in [5.41, 5.74) is 0. The van der Waals surface area contributed by atoms with Gasteiger partial charge in [-0.1, -0.05) is 90.9 Å². The zero-order chi connectivity index (χ0) is 17.2. The number of esters is 2. The van der Waals surface area contributed by atoms with E-state index in [9.17, 15) is 9.59 Å². The fourth-order valence-electron chi connectivity index (χ4n) is 2.68. The Morgan fingerprint density at radius 2 is 0.800 bits per heavy atom. The van der Waals surface area contributed by atoms with Crippen LogP contribution in [0.25, 0.3) is 0 Å². The van der Waals surface area contributed by atoms with Crippen LogP contribution in [0, 0.1) is 81.7 Å². The molecule has 0 unspecified atom stereocenters. The first-order valence-corrected chi connectivity index (χ1v) is 9.94. The second-order valence-corrected chi connectivity index (χ2v) is 6.59. The smallest absolute Gasteiger partial charge is 0.313 e. The van der Waals surface area contributed by atoms with E-state index in [2.05, 4.69) is 13.8 Å². The zero-order valence-electron chi connectivity index (χ0n) is 16.5. The van der Waals surface area contributed by atoms with Gasteiger partial charge in [-0.05, 0) is 12.8 Å². The standard InChI is InChI=1S/C20H38O3.2Nd/c1-3-5-7-9-11-13-15-17-19(21)23-20(22)18-16-14-12-10-8-6-4-2;;/h3-18H2,1-2H3;;. The minimum absolute atomic E-state index is 0. The molecule has 0 aromatic heterocycles. The van der Waals surface area contributed by atoms with E-state index in [1.165, 1.54) is 64.2 Å². The Kier molecular flexibility index (Phi) is 32.6. The number of hydrogen-bond acceptors (Lipinski definition) is 3. The summed E-state index contributed by atoms with van der Waals surface area (Å²) in [6.45, 7) is 4.42. The van der Waals surface area contributed by atoms with Crippen molar-refractivity contribution in [3.8, 4) is 0 Å². The van der Waals surface area contributed by atoms with E-state index >= 15 is 0 Å². The summed E-state index contributed by atoms with van der Waals surface area (Å²) in [7, 11) is 0. The van der Waals surface area contributed by atoms with Gasteiger partial charge in [0.05, 0.1) is 0 Å². The minimum atomic E-state index is -0.341. The van der Waals surface area contributed by atoms with Gasteiger partial charge in [-0.3, -0.25) is 9.59 Å². The van der Waals surface area contributed by atoms with Crippen LogP contribution in [0.15, 0.2) is 0 Å². The SMILES string of the molecule is CCCCCCCCCC(=O)OC(=O)CCCCCCCCC.[Nd].[Nd]. The van der Waals surface area contributed by atoms with Gasteiger partial charge in [0.2, 0.25) is 0 Å². The Hall–Kier alpha value is 1.84. The fourth-order valence-corrected chi connectivity index (χ4v) is 2.68. The molecule has 3 nitrogen and oxygen atoms in total. The van der Waals surface area contributed by atoms with Crippen LogP contribution < -0.4 is 0 Å². The fraction of sp³-hybridized carbons (Fsp3) is 0.900. The Bertz CT molecular complexity index is 269. The summed E-state index contributed by atoms with van der Waals surface area (Å²) in [6, 6.07) is 0. The molecule has 0 aliphatic rings. The van der Waals surface area contributed by atoms with Crippen LogP contribution in [-0.4, -0.2) is 11.9 Å². The van der Waals surface area contributed by atoms with Crippen molar-refractivity contribution in [3.63, 3.8) is 0 Å². The van der Waals surface area contributed by atoms with Crippen LogP contribution in [0.3, 0.4) is 0 Å². The molecule has 0 aromatic rings. The predicted molar refractivity (Wildman–Crippen MR) is 96.3 cm³/mol. The van der Waals surface area contributed by atoms with Crippen LogP contribution in [0.1, 0.15) is 117 Å². The third kappa shape index (κ3) is 25.8. The quantitative estimate of drug-likeness (QED) is 0.116. The Morgan fingerprint density at radius 3 is 1.12 bits per heavy atom. The van der Waals surface area contributed by atoms with Crippen molar-refractivity contribution in [1.82, 2.24) is 0 Å². The summed E-state index contributed by atoms with van der Waals surface area (Å²) >= 11 is 0. The van der Waals surface area contributed by atoms with Gasteiger partial charge >= 0.3 is 11.9 Å². The van der Waals surface area contributed by atoms with Gasteiger partial charge in [0, 0.05) is 94.5 Å². The van der Waals surface area contributed by atoms with Crippen LogP contribution in [0.5, 0.6) is 0 Å². The van der Waals surface area contributed by atoms with Gasteiger partial charge in [0.25, 0.3) is 0 Å². The van der Waals surface area contributed by atoms with Crippen molar-refractivity contribution in [2.24, 2.45) is 0 Å². The second-order valence-electron chi connectivity index (χ2n) is 6.59. The maximum absolute atomic E-state index is 11.6. The Labute approximate surface area is 221 Å². The van der Waals surface area contributed by atoms with E-state index in [1.54, 1.807) is 0 Å². The molecule has 0 amide bonds. The third-order valence-corrected chi connectivity index (χ3v) is 4.20. The molecule has 0 heterocycles. The molecule has 0 rings (SSSR count). The van der Waals surface area contributed by atoms with Crippen molar-refractivity contribution in [2.75, 3.05) is 0 Å². The van der Waals surface area contributed by atoms with E-state index in [0.29, 0.717) is 12.8 Å². The molecule has 0 saturated heterocycles. The number of unbranched alkanes of at least 4 members (excludes halogenated alkanes) is 12. The van der Waals surface area contributed by atoms with Crippen molar-refractivity contribution in [1.29, 1.82) is 0 Å². The van der Waals surface area contributed by atoms with Gasteiger partial charge in [-0.2, -0.15) is 0 Å². The van der Waals surface area contributed by atoms with E-state index in [-0.39, 0.29) is 93.6 Å². The molecule has 5 heteroatoms. The molecular formula is C20H38Nd2O3. The summed E-state index contributed by atoms with van der Waals surface area (Å²) in [4.78, 5) is 23.1. The first-order valence-electron chi connectivity index (χ1n) is 9.94. The molecule has 0 spiro atoms. The summed E-state index contributed by atoms with van der Waals surface area (Å²) in [6.07, 6.45) is 17.1. The first kappa shape index (κ1) is 31.5. The molecule has 0 fully saturated rings. The average Bonchev–Trinajstić information content (AvgIpc) is 2.53.